The van der Waals surface area contributed by atoms with Gasteiger partial charge < -0.3 is 10.1 Å². The van der Waals surface area contributed by atoms with Crippen LogP contribution in [0.4, 0.5) is 0 Å². The second-order valence-electron chi connectivity index (χ2n) is 7.60. The first-order chi connectivity index (χ1) is 12.3. The van der Waals surface area contributed by atoms with Crippen molar-refractivity contribution < 1.29 is 4.74 Å². The lowest BCUT2D eigenvalue weighted by Gasteiger charge is -2.34. The molecule has 2 saturated heterocycles. The molecule has 0 aliphatic carbocycles. The third kappa shape index (κ3) is 4.06. The highest BCUT2D eigenvalue weighted by molar-refractivity contribution is 5.85. The van der Waals surface area contributed by atoms with Crippen LogP contribution >= 0.6 is 12.4 Å². The number of nitrogens with zero attached hydrogens (tertiary/aromatic N) is 1. The minimum Gasteiger partial charge on any atom is -0.496 e. The summed E-state index contributed by atoms with van der Waals surface area (Å²) < 4.78 is 5.72. The van der Waals surface area contributed by atoms with E-state index >= 15 is 0 Å². The van der Waals surface area contributed by atoms with Crippen molar-refractivity contribution in [2.24, 2.45) is 5.41 Å². The molecule has 3 nitrogen and oxygen atoms in total. The second-order valence-corrected chi connectivity index (χ2v) is 7.60. The van der Waals surface area contributed by atoms with Crippen LogP contribution in [0.25, 0.3) is 11.1 Å². The van der Waals surface area contributed by atoms with Crippen LogP contribution in [-0.4, -0.2) is 38.2 Å². The Hall–Kier alpha value is -1.55. The van der Waals surface area contributed by atoms with Crippen molar-refractivity contribution >= 4 is 12.4 Å². The Balaban J connectivity index is 0.00000196. The van der Waals surface area contributed by atoms with Gasteiger partial charge in [-0.1, -0.05) is 42.5 Å². The smallest absolute Gasteiger partial charge is 0.123 e. The van der Waals surface area contributed by atoms with E-state index in [9.17, 15) is 0 Å². The summed E-state index contributed by atoms with van der Waals surface area (Å²) in [6, 6.07) is 17.2. The third-order valence-electron chi connectivity index (χ3n) is 5.97. The highest BCUT2D eigenvalue weighted by Crippen LogP contribution is 2.39. The summed E-state index contributed by atoms with van der Waals surface area (Å²) in [5.41, 5.74) is 4.32. The van der Waals surface area contributed by atoms with E-state index in [1.54, 1.807) is 7.11 Å². The lowest BCUT2D eigenvalue weighted by atomic mass is 9.78. The molecule has 1 N–H and O–H groups in total. The normalized spacial score (nSPS) is 19.3. The predicted octanol–water partition coefficient (Wildman–Crippen LogP) is 4.36. The summed E-state index contributed by atoms with van der Waals surface area (Å²) in [4.78, 5) is 2.62. The van der Waals surface area contributed by atoms with E-state index in [0.29, 0.717) is 5.41 Å². The molecule has 2 aromatic carbocycles. The Morgan fingerprint density at radius 2 is 1.77 bits per heavy atom. The lowest BCUT2D eigenvalue weighted by molar-refractivity contribution is 0.193. The number of nitrogens with one attached hydrogen (secondary N) is 1. The van der Waals surface area contributed by atoms with Crippen LogP contribution in [0.3, 0.4) is 0 Å². The van der Waals surface area contributed by atoms with E-state index in [1.165, 1.54) is 62.1 Å². The van der Waals surface area contributed by atoms with Gasteiger partial charge in [-0.3, -0.25) is 4.90 Å². The third-order valence-corrected chi connectivity index (χ3v) is 5.97. The van der Waals surface area contributed by atoms with Crippen LogP contribution in [0.1, 0.15) is 24.8 Å². The van der Waals surface area contributed by atoms with Gasteiger partial charge in [0, 0.05) is 18.7 Å². The van der Waals surface area contributed by atoms with Crippen molar-refractivity contribution in [3.63, 3.8) is 0 Å². The highest BCUT2D eigenvalue weighted by Gasteiger charge is 2.38. The van der Waals surface area contributed by atoms with Crippen LogP contribution in [0.2, 0.25) is 0 Å². The molecule has 0 radical (unpaired) electrons. The Bertz CT molecular complexity index is 713. The van der Waals surface area contributed by atoms with Crippen molar-refractivity contribution in [1.82, 2.24) is 10.2 Å². The SMILES string of the molecule is COc1cc(-c2ccccc2)ccc1CN1CCC2(CCNCC2)C1.Cl. The minimum absolute atomic E-state index is 0. The molecule has 4 heteroatoms. The second kappa shape index (κ2) is 8.43. The van der Waals surface area contributed by atoms with Crippen LogP contribution in [0.5, 0.6) is 5.75 Å². The summed E-state index contributed by atoms with van der Waals surface area (Å²) in [5.74, 6) is 1.01. The first-order valence-corrected chi connectivity index (χ1v) is 9.43. The molecule has 2 aliphatic rings. The van der Waals surface area contributed by atoms with Gasteiger partial charge in [0.15, 0.2) is 0 Å². The number of hydrogen-bond acceptors (Lipinski definition) is 3. The summed E-state index contributed by atoms with van der Waals surface area (Å²) in [6.07, 6.45) is 4.00. The van der Waals surface area contributed by atoms with Gasteiger partial charge in [-0.2, -0.15) is 0 Å². The number of benzene rings is 2. The molecule has 4 rings (SSSR count). The van der Waals surface area contributed by atoms with E-state index in [2.05, 4.69) is 58.7 Å². The van der Waals surface area contributed by atoms with E-state index in [4.69, 9.17) is 4.74 Å². The number of hydrogen-bond donors (Lipinski definition) is 1. The molecule has 140 valence electrons. The van der Waals surface area contributed by atoms with Crippen LogP contribution in [0, 0.1) is 5.41 Å². The first-order valence-electron chi connectivity index (χ1n) is 9.43. The van der Waals surface area contributed by atoms with Gasteiger partial charge in [0.25, 0.3) is 0 Å². The fraction of sp³-hybridized carbons (Fsp3) is 0.455. The van der Waals surface area contributed by atoms with Gasteiger partial charge in [0.05, 0.1) is 7.11 Å². The first kappa shape index (κ1) is 19.2. The van der Waals surface area contributed by atoms with Gasteiger partial charge in [-0.25, -0.2) is 0 Å². The Labute approximate surface area is 163 Å². The highest BCUT2D eigenvalue weighted by atomic mass is 35.5. The monoisotopic (exact) mass is 372 g/mol. The molecule has 0 unspecified atom stereocenters. The maximum atomic E-state index is 5.72. The molecular weight excluding hydrogens is 344 g/mol. The van der Waals surface area contributed by atoms with Crippen LogP contribution in [0.15, 0.2) is 48.5 Å². The van der Waals surface area contributed by atoms with Crippen molar-refractivity contribution in [2.45, 2.75) is 25.8 Å². The Morgan fingerprint density at radius 1 is 1.00 bits per heavy atom. The average Bonchev–Trinajstić information content (AvgIpc) is 3.05. The van der Waals surface area contributed by atoms with E-state index in [0.717, 1.165) is 12.3 Å². The van der Waals surface area contributed by atoms with Gasteiger partial charge in [0.2, 0.25) is 0 Å². The average molecular weight is 373 g/mol. The Morgan fingerprint density at radius 3 is 2.50 bits per heavy atom. The van der Waals surface area contributed by atoms with Crippen LogP contribution in [-0.2, 0) is 6.54 Å². The maximum absolute atomic E-state index is 5.72. The van der Waals surface area contributed by atoms with E-state index < -0.39 is 0 Å². The molecular formula is C22H29ClN2O. The number of ether oxygens (including phenoxy) is 1. The molecule has 0 amide bonds. The molecule has 2 aliphatic heterocycles. The van der Waals surface area contributed by atoms with Crippen molar-refractivity contribution in [3.05, 3.63) is 54.1 Å². The summed E-state index contributed by atoms with van der Waals surface area (Å²) >= 11 is 0. The standard InChI is InChI=1S/C22H28N2O.ClH/c1-25-21-15-19(18-5-3-2-4-6-18)7-8-20(21)16-24-14-11-22(17-24)9-12-23-13-10-22;/h2-8,15,23H,9-14,16-17H2,1H3;1H. The molecule has 26 heavy (non-hydrogen) atoms. The topological polar surface area (TPSA) is 24.5 Å². The molecule has 2 aromatic rings. The quantitative estimate of drug-likeness (QED) is 0.862. The van der Waals surface area contributed by atoms with Gasteiger partial charge in [-0.15, -0.1) is 12.4 Å². The lowest BCUT2D eigenvalue weighted by Crippen LogP contribution is -2.38. The molecule has 0 atom stereocenters. The molecule has 2 fully saturated rings. The predicted molar refractivity (Wildman–Crippen MR) is 110 cm³/mol. The minimum atomic E-state index is 0. The van der Waals surface area contributed by atoms with Crippen molar-refractivity contribution in [3.8, 4) is 16.9 Å². The summed E-state index contributed by atoms with van der Waals surface area (Å²) in [5, 5.41) is 3.50. The van der Waals surface area contributed by atoms with Crippen molar-refractivity contribution in [1.29, 1.82) is 0 Å². The zero-order valence-corrected chi connectivity index (χ0v) is 16.4. The van der Waals surface area contributed by atoms with E-state index in [-0.39, 0.29) is 12.4 Å². The molecule has 1 spiro atoms. The number of likely N-dealkylation sites (tertiary alicyclic amines) is 1. The Kier molecular flexibility index (Phi) is 6.23. The van der Waals surface area contributed by atoms with Gasteiger partial charge in [0.1, 0.15) is 5.75 Å². The molecule has 0 saturated carbocycles. The number of halogens is 1. The largest absolute Gasteiger partial charge is 0.496 e. The number of rotatable bonds is 4. The zero-order valence-electron chi connectivity index (χ0n) is 15.5. The molecule has 0 aromatic heterocycles. The fourth-order valence-corrected chi connectivity index (χ4v) is 4.45. The molecule has 0 bridgehead atoms. The summed E-state index contributed by atoms with van der Waals surface area (Å²) in [6.45, 7) is 5.81. The molecule has 2 heterocycles. The van der Waals surface area contributed by atoms with Gasteiger partial charge >= 0.3 is 0 Å². The zero-order chi connectivity index (χ0) is 17.1. The summed E-state index contributed by atoms with van der Waals surface area (Å²) in [7, 11) is 1.78. The van der Waals surface area contributed by atoms with Crippen molar-refractivity contribution in [2.75, 3.05) is 33.3 Å². The number of methoxy groups -OCH3 is 1. The maximum Gasteiger partial charge on any atom is 0.123 e. The fourth-order valence-electron chi connectivity index (χ4n) is 4.45. The number of piperidine rings is 1. The van der Waals surface area contributed by atoms with E-state index in [1.807, 2.05) is 0 Å². The van der Waals surface area contributed by atoms with Gasteiger partial charge in [-0.05, 0) is 61.5 Å². The van der Waals surface area contributed by atoms with Crippen LogP contribution < -0.4 is 10.1 Å².